The average Bonchev–Trinajstić information content (AvgIpc) is 2.75. The summed E-state index contributed by atoms with van der Waals surface area (Å²) < 4.78 is 34.1. The van der Waals surface area contributed by atoms with Gasteiger partial charge in [-0.25, -0.2) is 13.8 Å². The predicted octanol–water partition coefficient (Wildman–Crippen LogP) is 3.25. The number of nitrogens with one attached hydrogen (secondary N) is 1. The monoisotopic (exact) mass is 281 g/mol. The molecule has 1 heterocycles. The average molecular weight is 281 g/mol. The zero-order chi connectivity index (χ0) is 14.5. The largest absolute Gasteiger partial charge is 0.385 e. The van der Waals surface area contributed by atoms with Crippen LogP contribution >= 0.6 is 0 Å². The second-order valence-corrected chi connectivity index (χ2v) is 4.47. The first-order chi connectivity index (χ1) is 9.61. The summed E-state index contributed by atoms with van der Waals surface area (Å²) in [7, 11) is 1.63. The maximum atomic E-state index is 13.6. The number of anilines is 2. The molecule has 2 aromatic rings. The SMILES string of the molecule is COCCCn1cc(C)nc1Nc1c(F)cccc1F. The molecular formula is C14H17F2N3O. The highest BCUT2D eigenvalue weighted by Crippen LogP contribution is 2.23. The molecule has 1 N–H and O–H groups in total. The minimum Gasteiger partial charge on any atom is -0.385 e. The Bertz CT molecular complexity index is 564. The first kappa shape index (κ1) is 14.5. The molecule has 0 spiro atoms. The lowest BCUT2D eigenvalue weighted by atomic mass is 10.3. The molecule has 0 aliphatic heterocycles. The van der Waals surface area contributed by atoms with Crippen molar-refractivity contribution < 1.29 is 13.5 Å². The van der Waals surface area contributed by atoms with Gasteiger partial charge < -0.3 is 14.6 Å². The fraction of sp³-hybridized carbons (Fsp3) is 0.357. The highest BCUT2D eigenvalue weighted by molar-refractivity contribution is 5.55. The number of aryl methyl sites for hydroxylation is 2. The maximum Gasteiger partial charge on any atom is 0.207 e. The van der Waals surface area contributed by atoms with Crippen LogP contribution in [0.1, 0.15) is 12.1 Å². The van der Waals surface area contributed by atoms with Crippen molar-refractivity contribution >= 4 is 11.6 Å². The fourth-order valence-corrected chi connectivity index (χ4v) is 1.93. The standard InChI is InChI=1S/C14H17F2N3O/c1-10-9-19(7-4-8-20-2)14(17-10)18-13-11(15)5-3-6-12(13)16/h3,5-6,9H,4,7-8H2,1-2H3,(H,17,18). The minimum atomic E-state index is -0.644. The van der Waals surface area contributed by atoms with E-state index in [1.165, 1.54) is 18.2 Å². The molecule has 4 nitrogen and oxygen atoms in total. The van der Waals surface area contributed by atoms with E-state index in [0.717, 1.165) is 12.1 Å². The van der Waals surface area contributed by atoms with E-state index in [1.54, 1.807) is 7.11 Å². The van der Waals surface area contributed by atoms with Crippen LogP contribution in [0.3, 0.4) is 0 Å². The molecule has 0 atom stereocenters. The van der Waals surface area contributed by atoms with Gasteiger partial charge in [0, 0.05) is 26.5 Å². The van der Waals surface area contributed by atoms with Gasteiger partial charge in [-0.3, -0.25) is 0 Å². The van der Waals surface area contributed by atoms with E-state index in [9.17, 15) is 8.78 Å². The number of imidazole rings is 1. The second kappa shape index (κ2) is 6.47. The Morgan fingerprint density at radius 3 is 2.65 bits per heavy atom. The van der Waals surface area contributed by atoms with Gasteiger partial charge in [-0.15, -0.1) is 0 Å². The van der Waals surface area contributed by atoms with Gasteiger partial charge in [-0.1, -0.05) is 6.07 Å². The summed E-state index contributed by atoms with van der Waals surface area (Å²) in [5.41, 5.74) is 0.591. The molecule has 20 heavy (non-hydrogen) atoms. The molecule has 2 rings (SSSR count). The number of para-hydroxylation sites is 1. The van der Waals surface area contributed by atoms with Crippen molar-refractivity contribution in [3.05, 3.63) is 41.7 Å². The first-order valence-corrected chi connectivity index (χ1v) is 6.35. The van der Waals surface area contributed by atoms with Crippen LogP contribution < -0.4 is 5.32 Å². The summed E-state index contributed by atoms with van der Waals surface area (Å²) in [6, 6.07) is 3.74. The van der Waals surface area contributed by atoms with E-state index in [2.05, 4.69) is 10.3 Å². The Balaban J connectivity index is 2.20. The Kier molecular flexibility index (Phi) is 4.68. The second-order valence-electron chi connectivity index (χ2n) is 4.47. The van der Waals surface area contributed by atoms with Gasteiger partial charge in [-0.2, -0.15) is 0 Å². The zero-order valence-corrected chi connectivity index (χ0v) is 11.5. The molecule has 0 saturated carbocycles. The third kappa shape index (κ3) is 3.33. The lowest BCUT2D eigenvalue weighted by Crippen LogP contribution is -2.07. The van der Waals surface area contributed by atoms with Crippen LogP contribution in [0.25, 0.3) is 0 Å². The number of ether oxygens (including phenoxy) is 1. The zero-order valence-electron chi connectivity index (χ0n) is 11.5. The van der Waals surface area contributed by atoms with Crippen LogP contribution in [0, 0.1) is 18.6 Å². The summed E-state index contributed by atoms with van der Waals surface area (Å²) in [6.45, 7) is 3.10. The van der Waals surface area contributed by atoms with Gasteiger partial charge in [0.05, 0.1) is 5.69 Å². The van der Waals surface area contributed by atoms with E-state index in [-0.39, 0.29) is 5.69 Å². The lowest BCUT2D eigenvalue weighted by molar-refractivity contribution is 0.190. The molecule has 0 amide bonds. The molecule has 0 aliphatic carbocycles. The molecule has 1 aromatic heterocycles. The molecule has 1 aromatic carbocycles. The number of halogens is 2. The van der Waals surface area contributed by atoms with Crippen molar-refractivity contribution in [2.45, 2.75) is 19.9 Å². The van der Waals surface area contributed by atoms with Crippen LogP contribution in [0.5, 0.6) is 0 Å². The van der Waals surface area contributed by atoms with Gasteiger partial charge in [0.2, 0.25) is 5.95 Å². The van der Waals surface area contributed by atoms with E-state index < -0.39 is 11.6 Å². The van der Waals surface area contributed by atoms with Crippen LogP contribution in [-0.4, -0.2) is 23.3 Å². The smallest absolute Gasteiger partial charge is 0.207 e. The fourth-order valence-electron chi connectivity index (χ4n) is 1.93. The van der Waals surface area contributed by atoms with Gasteiger partial charge in [0.15, 0.2) is 0 Å². The number of hydrogen-bond donors (Lipinski definition) is 1. The predicted molar refractivity (Wildman–Crippen MR) is 73.1 cm³/mol. The number of methoxy groups -OCH3 is 1. The highest BCUT2D eigenvalue weighted by Gasteiger charge is 2.12. The van der Waals surface area contributed by atoms with Crippen molar-refractivity contribution in [2.75, 3.05) is 19.0 Å². The number of nitrogens with zero attached hydrogens (tertiary/aromatic N) is 2. The minimum absolute atomic E-state index is 0.189. The Morgan fingerprint density at radius 2 is 2.00 bits per heavy atom. The Labute approximate surface area is 116 Å². The molecule has 0 aliphatic rings. The normalized spacial score (nSPS) is 10.8. The summed E-state index contributed by atoms with van der Waals surface area (Å²) in [6.07, 6.45) is 2.62. The summed E-state index contributed by atoms with van der Waals surface area (Å²) in [5, 5.41) is 2.72. The van der Waals surface area contributed by atoms with Crippen molar-refractivity contribution in [1.82, 2.24) is 9.55 Å². The molecule has 6 heteroatoms. The molecule has 0 radical (unpaired) electrons. The third-order valence-corrected chi connectivity index (χ3v) is 2.84. The van der Waals surface area contributed by atoms with E-state index in [1.807, 2.05) is 17.7 Å². The van der Waals surface area contributed by atoms with E-state index >= 15 is 0 Å². The lowest BCUT2D eigenvalue weighted by Gasteiger charge is -2.10. The molecule has 0 saturated heterocycles. The highest BCUT2D eigenvalue weighted by atomic mass is 19.1. The van der Waals surface area contributed by atoms with E-state index in [4.69, 9.17) is 4.74 Å². The molecule has 108 valence electrons. The first-order valence-electron chi connectivity index (χ1n) is 6.35. The number of rotatable bonds is 6. The van der Waals surface area contributed by atoms with Crippen LogP contribution in [0.2, 0.25) is 0 Å². The number of aromatic nitrogens is 2. The van der Waals surface area contributed by atoms with Gasteiger partial charge >= 0.3 is 0 Å². The quantitative estimate of drug-likeness (QED) is 0.826. The third-order valence-electron chi connectivity index (χ3n) is 2.84. The Hall–Kier alpha value is -1.95. The Morgan fingerprint density at radius 1 is 1.30 bits per heavy atom. The maximum absolute atomic E-state index is 13.6. The van der Waals surface area contributed by atoms with Crippen LogP contribution in [-0.2, 0) is 11.3 Å². The van der Waals surface area contributed by atoms with Crippen molar-refractivity contribution in [3.63, 3.8) is 0 Å². The van der Waals surface area contributed by atoms with Crippen molar-refractivity contribution in [1.29, 1.82) is 0 Å². The molecule has 0 fully saturated rings. The van der Waals surface area contributed by atoms with Gasteiger partial charge in [0.1, 0.15) is 17.3 Å². The summed E-state index contributed by atoms with van der Waals surface area (Å²) in [4.78, 5) is 4.24. The van der Waals surface area contributed by atoms with Crippen molar-refractivity contribution in [2.24, 2.45) is 0 Å². The van der Waals surface area contributed by atoms with Crippen LogP contribution in [0.4, 0.5) is 20.4 Å². The molecule has 0 unspecified atom stereocenters. The summed E-state index contributed by atoms with van der Waals surface area (Å²) in [5.74, 6) is -0.870. The number of benzene rings is 1. The number of hydrogen-bond acceptors (Lipinski definition) is 3. The summed E-state index contributed by atoms with van der Waals surface area (Å²) >= 11 is 0. The van der Waals surface area contributed by atoms with Crippen LogP contribution in [0.15, 0.2) is 24.4 Å². The van der Waals surface area contributed by atoms with Crippen molar-refractivity contribution in [3.8, 4) is 0 Å². The molecule has 0 bridgehead atoms. The van der Waals surface area contributed by atoms with E-state index in [0.29, 0.717) is 19.1 Å². The topological polar surface area (TPSA) is 39.1 Å². The van der Waals surface area contributed by atoms with Gasteiger partial charge in [-0.05, 0) is 25.5 Å². The van der Waals surface area contributed by atoms with Gasteiger partial charge in [0.25, 0.3) is 0 Å². The molecular weight excluding hydrogens is 264 g/mol.